The number of aliphatic hydroxyl groups is 1. The number of fused-ring (bicyclic) bond motifs is 1. The Morgan fingerprint density at radius 3 is 2.95 bits per heavy atom. The molecule has 0 radical (unpaired) electrons. The van der Waals surface area contributed by atoms with E-state index in [1.165, 1.54) is 0 Å². The highest BCUT2D eigenvalue weighted by molar-refractivity contribution is 6.05. The molecule has 0 spiro atoms. The summed E-state index contributed by atoms with van der Waals surface area (Å²) in [6, 6.07) is 5.34. The minimum Gasteiger partial charge on any atom is -0.399 e. The van der Waals surface area contributed by atoms with Crippen LogP contribution in [0.1, 0.15) is 29.8 Å². The van der Waals surface area contributed by atoms with Gasteiger partial charge in [0.25, 0.3) is 5.91 Å². The molecule has 0 unspecified atom stereocenters. The second-order valence-electron chi connectivity index (χ2n) is 4.89. The highest BCUT2D eigenvalue weighted by Gasteiger charge is 2.17. The van der Waals surface area contributed by atoms with Gasteiger partial charge in [-0.15, -0.1) is 0 Å². The van der Waals surface area contributed by atoms with Crippen molar-refractivity contribution in [1.82, 2.24) is 15.1 Å². The number of nitrogens with two attached hydrogens (primary N) is 1. The maximum absolute atomic E-state index is 12.3. The summed E-state index contributed by atoms with van der Waals surface area (Å²) in [6.45, 7) is 0.844. The number of anilines is 1. The molecule has 108 valence electrons. The highest BCUT2D eigenvalue weighted by atomic mass is 16.2. The van der Waals surface area contributed by atoms with Gasteiger partial charge < -0.3 is 15.7 Å². The van der Waals surface area contributed by atoms with E-state index >= 15 is 0 Å². The van der Waals surface area contributed by atoms with Crippen LogP contribution in [0, 0.1) is 0 Å². The predicted molar refractivity (Wildman–Crippen MR) is 78.4 cm³/mol. The van der Waals surface area contributed by atoms with E-state index in [2.05, 4.69) is 10.2 Å². The zero-order chi connectivity index (χ0) is 14.5. The van der Waals surface area contributed by atoms with Crippen molar-refractivity contribution in [3.63, 3.8) is 0 Å². The van der Waals surface area contributed by atoms with Crippen molar-refractivity contribution in [2.45, 2.75) is 19.3 Å². The van der Waals surface area contributed by atoms with Gasteiger partial charge in [-0.3, -0.25) is 9.89 Å². The molecule has 0 bridgehead atoms. The fraction of sp³-hybridized carbons (Fsp3) is 0.429. The number of amides is 1. The topological polar surface area (TPSA) is 95.2 Å². The van der Waals surface area contributed by atoms with Crippen molar-refractivity contribution in [3.8, 4) is 0 Å². The number of aromatic nitrogens is 2. The number of carbonyl (C=O) groups excluding carboxylic acids is 1. The zero-order valence-corrected chi connectivity index (χ0v) is 11.6. The highest BCUT2D eigenvalue weighted by Crippen LogP contribution is 2.20. The van der Waals surface area contributed by atoms with Crippen LogP contribution in [0.5, 0.6) is 0 Å². The molecule has 1 aromatic heterocycles. The minimum atomic E-state index is -0.120. The number of H-pyrrole nitrogens is 1. The number of aliphatic hydroxyl groups excluding tert-OH is 1. The van der Waals surface area contributed by atoms with Crippen LogP contribution >= 0.6 is 0 Å². The lowest BCUT2D eigenvalue weighted by Gasteiger charge is -2.15. The second-order valence-corrected chi connectivity index (χ2v) is 4.89. The Labute approximate surface area is 117 Å². The summed E-state index contributed by atoms with van der Waals surface area (Å²) < 4.78 is 0. The van der Waals surface area contributed by atoms with Gasteiger partial charge in [0, 0.05) is 31.3 Å². The average Bonchev–Trinajstić information content (AvgIpc) is 2.85. The van der Waals surface area contributed by atoms with Gasteiger partial charge in [0.2, 0.25) is 0 Å². The van der Waals surface area contributed by atoms with E-state index in [9.17, 15) is 4.79 Å². The van der Waals surface area contributed by atoms with E-state index in [-0.39, 0.29) is 12.5 Å². The zero-order valence-electron chi connectivity index (χ0n) is 11.6. The monoisotopic (exact) mass is 276 g/mol. The summed E-state index contributed by atoms with van der Waals surface area (Å²) in [5, 5.41) is 16.4. The van der Waals surface area contributed by atoms with E-state index < -0.39 is 0 Å². The first-order valence-corrected chi connectivity index (χ1v) is 6.73. The van der Waals surface area contributed by atoms with Crippen LogP contribution in [0.3, 0.4) is 0 Å². The first-order valence-electron chi connectivity index (χ1n) is 6.73. The lowest BCUT2D eigenvalue weighted by Crippen LogP contribution is -2.28. The van der Waals surface area contributed by atoms with Gasteiger partial charge in [-0.05, 0) is 37.5 Å². The normalized spacial score (nSPS) is 10.9. The number of unbranched alkanes of at least 4 members (excludes halogenated alkanes) is 2. The number of nitrogens with one attached hydrogen (secondary N) is 1. The quantitative estimate of drug-likeness (QED) is 0.548. The Morgan fingerprint density at radius 1 is 1.40 bits per heavy atom. The average molecular weight is 276 g/mol. The number of nitrogen functional groups attached to an aromatic ring is 1. The summed E-state index contributed by atoms with van der Waals surface area (Å²) in [5.74, 6) is -0.120. The Bertz CT molecular complexity index is 594. The molecular weight excluding hydrogens is 256 g/mol. The molecule has 2 rings (SSSR count). The van der Waals surface area contributed by atoms with E-state index in [0.29, 0.717) is 17.9 Å². The van der Waals surface area contributed by atoms with Gasteiger partial charge in [0.15, 0.2) is 5.69 Å². The van der Waals surface area contributed by atoms with E-state index in [1.807, 2.05) is 6.07 Å². The summed E-state index contributed by atoms with van der Waals surface area (Å²) in [5.41, 5.74) is 7.56. The Morgan fingerprint density at radius 2 is 2.20 bits per heavy atom. The molecule has 1 aromatic carbocycles. The van der Waals surface area contributed by atoms with Crippen LogP contribution in [0.4, 0.5) is 5.69 Å². The molecule has 1 amide bonds. The molecule has 0 saturated heterocycles. The molecule has 4 N–H and O–H groups in total. The largest absolute Gasteiger partial charge is 0.399 e. The number of hydrogen-bond donors (Lipinski definition) is 3. The third-order valence-electron chi connectivity index (χ3n) is 3.29. The number of hydrogen-bond acceptors (Lipinski definition) is 4. The Kier molecular flexibility index (Phi) is 4.57. The van der Waals surface area contributed by atoms with E-state index in [1.54, 1.807) is 24.1 Å². The molecule has 0 aliphatic heterocycles. The van der Waals surface area contributed by atoms with Crippen molar-refractivity contribution in [2.24, 2.45) is 0 Å². The van der Waals surface area contributed by atoms with Crippen molar-refractivity contribution in [2.75, 3.05) is 25.9 Å². The van der Waals surface area contributed by atoms with Gasteiger partial charge in [-0.1, -0.05) is 0 Å². The first-order chi connectivity index (χ1) is 9.63. The van der Waals surface area contributed by atoms with Gasteiger partial charge in [0.05, 0.1) is 5.52 Å². The van der Waals surface area contributed by atoms with Crippen LogP contribution in [0.2, 0.25) is 0 Å². The molecule has 0 atom stereocenters. The van der Waals surface area contributed by atoms with Gasteiger partial charge in [-0.2, -0.15) is 5.10 Å². The van der Waals surface area contributed by atoms with Crippen molar-refractivity contribution in [3.05, 3.63) is 23.9 Å². The molecule has 6 heteroatoms. The molecule has 0 aliphatic carbocycles. The standard InChI is InChI=1S/C14H20N4O2/c1-18(7-3-2-4-8-19)14(20)13-11-9-10(15)5-6-12(11)16-17-13/h5-6,9,19H,2-4,7-8,15H2,1H3,(H,16,17). The van der Waals surface area contributed by atoms with Gasteiger partial charge in [-0.25, -0.2) is 0 Å². The minimum absolute atomic E-state index is 0.120. The van der Waals surface area contributed by atoms with Crippen LogP contribution < -0.4 is 5.73 Å². The molecular formula is C14H20N4O2. The number of nitrogens with zero attached hydrogens (tertiary/aromatic N) is 2. The third-order valence-corrected chi connectivity index (χ3v) is 3.29. The number of aromatic amines is 1. The molecule has 0 saturated carbocycles. The summed E-state index contributed by atoms with van der Waals surface area (Å²) in [6.07, 6.45) is 2.54. The van der Waals surface area contributed by atoms with E-state index in [4.69, 9.17) is 10.8 Å². The second kappa shape index (κ2) is 6.38. The van der Waals surface area contributed by atoms with Crippen LogP contribution in [0.25, 0.3) is 10.9 Å². The van der Waals surface area contributed by atoms with Crippen molar-refractivity contribution < 1.29 is 9.90 Å². The van der Waals surface area contributed by atoms with Crippen LogP contribution in [-0.2, 0) is 0 Å². The van der Waals surface area contributed by atoms with Gasteiger partial charge >= 0.3 is 0 Å². The Hall–Kier alpha value is -2.08. The third kappa shape index (κ3) is 3.08. The maximum Gasteiger partial charge on any atom is 0.274 e. The van der Waals surface area contributed by atoms with Crippen LogP contribution in [0.15, 0.2) is 18.2 Å². The fourth-order valence-corrected chi connectivity index (χ4v) is 2.11. The number of carbonyl (C=O) groups is 1. The van der Waals surface area contributed by atoms with Gasteiger partial charge in [0.1, 0.15) is 0 Å². The number of benzene rings is 1. The maximum atomic E-state index is 12.3. The number of rotatable bonds is 6. The Balaban J connectivity index is 2.08. The smallest absolute Gasteiger partial charge is 0.274 e. The lowest BCUT2D eigenvalue weighted by molar-refractivity contribution is 0.0788. The molecule has 1 heterocycles. The molecule has 0 fully saturated rings. The summed E-state index contributed by atoms with van der Waals surface area (Å²) in [4.78, 5) is 14.0. The predicted octanol–water partition coefficient (Wildman–Crippen LogP) is 1.38. The lowest BCUT2D eigenvalue weighted by atomic mass is 10.1. The molecule has 0 aliphatic rings. The van der Waals surface area contributed by atoms with Crippen molar-refractivity contribution in [1.29, 1.82) is 0 Å². The molecule has 2 aromatic rings. The summed E-state index contributed by atoms with van der Waals surface area (Å²) in [7, 11) is 1.76. The fourth-order valence-electron chi connectivity index (χ4n) is 2.11. The molecule has 20 heavy (non-hydrogen) atoms. The van der Waals surface area contributed by atoms with E-state index in [0.717, 1.165) is 30.2 Å². The van der Waals surface area contributed by atoms with Crippen molar-refractivity contribution >= 4 is 22.5 Å². The summed E-state index contributed by atoms with van der Waals surface area (Å²) >= 11 is 0. The molecule has 6 nitrogen and oxygen atoms in total. The SMILES string of the molecule is CN(CCCCCO)C(=O)c1n[nH]c2ccc(N)cc12. The first kappa shape index (κ1) is 14.3. The van der Waals surface area contributed by atoms with Crippen LogP contribution in [-0.4, -0.2) is 46.3 Å².